The monoisotopic (exact) mass is 336 g/mol. The normalized spacial score (nSPS) is 18.8. The highest BCUT2D eigenvalue weighted by Crippen LogP contribution is 2.34. The Morgan fingerprint density at radius 1 is 1.17 bits per heavy atom. The number of hydrogen-bond acceptors (Lipinski definition) is 6. The van der Waals surface area contributed by atoms with Crippen molar-refractivity contribution in [3.8, 4) is 5.75 Å². The average molecular weight is 336 g/mol. The summed E-state index contributed by atoms with van der Waals surface area (Å²) < 4.78 is 19.9. The Kier molecular flexibility index (Phi) is 4.84. The lowest BCUT2D eigenvalue weighted by molar-refractivity contribution is -0.146. The molecule has 130 valence electrons. The van der Waals surface area contributed by atoms with Crippen molar-refractivity contribution in [3.63, 3.8) is 0 Å². The highest BCUT2D eigenvalue weighted by atomic mass is 19.1. The third-order valence-corrected chi connectivity index (χ3v) is 4.24. The van der Waals surface area contributed by atoms with E-state index < -0.39 is 5.82 Å². The predicted molar refractivity (Wildman–Crippen MR) is 87.4 cm³/mol. The van der Waals surface area contributed by atoms with Crippen LogP contribution in [0.15, 0.2) is 12.1 Å². The van der Waals surface area contributed by atoms with E-state index >= 15 is 0 Å². The largest absolute Gasteiger partial charge is 0.495 e. The Morgan fingerprint density at radius 3 is 2.46 bits per heavy atom. The standard InChI is InChI=1S/C16H21FN4O3/c1-24-14-10-12(19-21-15(22)3-2-4-16(21)23)11(17)9-13(14)20-7-5-18-6-8-20/h9-10,18-19H,2-8H2,1H3. The summed E-state index contributed by atoms with van der Waals surface area (Å²) in [4.78, 5) is 25.8. The fourth-order valence-corrected chi connectivity index (χ4v) is 2.94. The molecule has 1 aromatic rings. The first-order valence-electron chi connectivity index (χ1n) is 8.06. The number of anilines is 2. The molecule has 3 rings (SSSR count). The molecule has 1 aromatic carbocycles. The van der Waals surface area contributed by atoms with Gasteiger partial charge in [0, 0.05) is 51.2 Å². The molecule has 2 N–H and O–H groups in total. The molecule has 0 aliphatic carbocycles. The fourth-order valence-electron chi connectivity index (χ4n) is 2.94. The summed E-state index contributed by atoms with van der Waals surface area (Å²) in [6.07, 6.45) is 1.08. The predicted octanol–water partition coefficient (Wildman–Crippen LogP) is 1.11. The van der Waals surface area contributed by atoms with Gasteiger partial charge in [0.1, 0.15) is 11.6 Å². The number of ether oxygens (including phenoxy) is 1. The van der Waals surface area contributed by atoms with E-state index in [2.05, 4.69) is 10.7 Å². The molecular weight excluding hydrogens is 315 g/mol. The lowest BCUT2D eigenvalue weighted by atomic mass is 10.1. The number of imide groups is 1. The fraction of sp³-hybridized carbons (Fsp3) is 0.500. The minimum atomic E-state index is -0.532. The lowest BCUT2D eigenvalue weighted by Crippen LogP contribution is -2.44. The molecular formula is C16H21FN4O3. The summed E-state index contributed by atoms with van der Waals surface area (Å²) >= 11 is 0. The second-order valence-electron chi connectivity index (χ2n) is 5.83. The van der Waals surface area contributed by atoms with E-state index in [1.54, 1.807) is 0 Å². The van der Waals surface area contributed by atoms with E-state index in [1.807, 2.05) is 4.90 Å². The second kappa shape index (κ2) is 7.04. The highest BCUT2D eigenvalue weighted by Gasteiger charge is 2.27. The number of halogens is 1. The van der Waals surface area contributed by atoms with Crippen molar-refractivity contribution in [2.24, 2.45) is 0 Å². The highest BCUT2D eigenvalue weighted by molar-refractivity contribution is 5.98. The zero-order valence-electron chi connectivity index (χ0n) is 13.6. The number of methoxy groups -OCH3 is 1. The van der Waals surface area contributed by atoms with Gasteiger partial charge in [-0.1, -0.05) is 0 Å². The van der Waals surface area contributed by atoms with Crippen LogP contribution in [0.5, 0.6) is 5.75 Å². The quantitative estimate of drug-likeness (QED) is 0.803. The second-order valence-corrected chi connectivity index (χ2v) is 5.83. The number of amides is 2. The van der Waals surface area contributed by atoms with Crippen LogP contribution in [0, 0.1) is 5.82 Å². The van der Waals surface area contributed by atoms with Crippen molar-refractivity contribution in [1.29, 1.82) is 0 Å². The van der Waals surface area contributed by atoms with Gasteiger partial charge >= 0.3 is 0 Å². The lowest BCUT2D eigenvalue weighted by Gasteiger charge is -2.31. The van der Waals surface area contributed by atoms with E-state index in [9.17, 15) is 14.0 Å². The van der Waals surface area contributed by atoms with Crippen LogP contribution >= 0.6 is 0 Å². The minimum Gasteiger partial charge on any atom is -0.495 e. The van der Waals surface area contributed by atoms with Gasteiger partial charge in [-0.25, -0.2) is 4.39 Å². The van der Waals surface area contributed by atoms with Gasteiger partial charge in [0.25, 0.3) is 0 Å². The molecule has 2 fully saturated rings. The molecule has 2 amide bonds. The van der Waals surface area contributed by atoms with Gasteiger partial charge in [-0.15, -0.1) is 0 Å². The Hall–Kier alpha value is -2.35. The molecule has 24 heavy (non-hydrogen) atoms. The Balaban J connectivity index is 1.86. The minimum absolute atomic E-state index is 0.0503. The number of piperazine rings is 1. The third-order valence-electron chi connectivity index (χ3n) is 4.24. The molecule has 0 spiro atoms. The van der Waals surface area contributed by atoms with Crippen LogP contribution < -0.4 is 20.4 Å². The zero-order valence-corrected chi connectivity index (χ0v) is 13.6. The average Bonchev–Trinajstić information content (AvgIpc) is 2.60. The van der Waals surface area contributed by atoms with Crippen LogP contribution in [0.4, 0.5) is 15.8 Å². The van der Waals surface area contributed by atoms with Crippen molar-refractivity contribution >= 4 is 23.2 Å². The molecule has 8 heteroatoms. The molecule has 0 radical (unpaired) electrons. The topological polar surface area (TPSA) is 73.9 Å². The maximum absolute atomic E-state index is 14.5. The van der Waals surface area contributed by atoms with Gasteiger partial charge < -0.3 is 15.0 Å². The number of carbonyl (C=O) groups is 2. The van der Waals surface area contributed by atoms with Gasteiger partial charge in [0.2, 0.25) is 11.8 Å². The first-order chi connectivity index (χ1) is 11.6. The van der Waals surface area contributed by atoms with Crippen molar-refractivity contribution < 1.29 is 18.7 Å². The SMILES string of the molecule is COc1cc(NN2C(=O)CCCC2=O)c(F)cc1N1CCNCC1. The van der Waals surface area contributed by atoms with Crippen molar-refractivity contribution in [2.75, 3.05) is 43.6 Å². The number of carbonyl (C=O) groups excluding carboxylic acids is 2. The molecule has 0 unspecified atom stereocenters. The van der Waals surface area contributed by atoms with Gasteiger partial charge in [-0.2, -0.15) is 5.01 Å². The van der Waals surface area contributed by atoms with Crippen LogP contribution in [0.3, 0.4) is 0 Å². The number of nitrogens with zero attached hydrogens (tertiary/aromatic N) is 2. The van der Waals surface area contributed by atoms with Crippen LogP contribution in [-0.4, -0.2) is 50.1 Å². The number of rotatable bonds is 4. The van der Waals surface area contributed by atoms with E-state index in [-0.39, 0.29) is 30.3 Å². The van der Waals surface area contributed by atoms with Gasteiger partial charge in [0.15, 0.2) is 0 Å². The summed E-state index contributed by atoms with van der Waals surface area (Å²) in [5, 5.41) is 4.14. The molecule has 0 saturated carbocycles. The first-order valence-corrected chi connectivity index (χ1v) is 8.06. The van der Waals surface area contributed by atoms with E-state index in [1.165, 1.54) is 19.2 Å². The molecule has 0 atom stereocenters. The number of nitrogens with one attached hydrogen (secondary N) is 2. The molecule has 0 bridgehead atoms. The molecule has 2 aliphatic heterocycles. The first kappa shape index (κ1) is 16.5. The van der Waals surface area contributed by atoms with Crippen LogP contribution in [-0.2, 0) is 9.59 Å². The van der Waals surface area contributed by atoms with Gasteiger partial charge in [-0.3, -0.25) is 15.0 Å². The maximum atomic E-state index is 14.5. The molecule has 2 aliphatic rings. The summed E-state index contributed by atoms with van der Waals surface area (Å²) in [5.41, 5.74) is 3.32. The van der Waals surface area contributed by atoms with Gasteiger partial charge in [0.05, 0.1) is 18.5 Å². The molecule has 2 saturated heterocycles. The van der Waals surface area contributed by atoms with Crippen molar-refractivity contribution in [3.05, 3.63) is 17.9 Å². The van der Waals surface area contributed by atoms with Gasteiger partial charge in [-0.05, 0) is 6.42 Å². The number of hydrazine groups is 1. The summed E-state index contributed by atoms with van der Waals surface area (Å²) in [5.74, 6) is -0.736. The van der Waals surface area contributed by atoms with E-state index in [0.29, 0.717) is 17.9 Å². The molecule has 0 aromatic heterocycles. The summed E-state index contributed by atoms with van der Waals surface area (Å²) in [7, 11) is 1.51. The van der Waals surface area contributed by atoms with E-state index in [0.717, 1.165) is 31.2 Å². The Labute approximate surface area is 139 Å². The molecule has 2 heterocycles. The Morgan fingerprint density at radius 2 is 1.83 bits per heavy atom. The van der Waals surface area contributed by atoms with Crippen LogP contribution in [0.2, 0.25) is 0 Å². The third kappa shape index (κ3) is 3.28. The Bertz CT molecular complexity index is 630. The number of hydrogen-bond donors (Lipinski definition) is 2. The number of piperidine rings is 1. The van der Waals surface area contributed by atoms with Crippen LogP contribution in [0.25, 0.3) is 0 Å². The smallest absolute Gasteiger partial charge is 0.248 e. The van der Waals surface area contributed by atoms with Crippen molar-refractivity contribution in [1.82, 2.24) is 10.3 Å². The van der Waals surface area contributed by atoms with Crippen molar-refractivity contribution in [2.45, 2.75) is 19.3 Å². The zero-order chi connectivity index (χ0) is 17.1. The maximum Gasteiger partial charge on any atom is 0.248 e. The number of benzene rings is 1. The van der Waals surface area contributed by atoms with E-state index in [4.69, 9.17) is 4.74 Å². The summed E-state index contributed by atoms with van der Waals surface area (Å²) in [6.45, 7) is 3.15. The summed E-state index contributed by atoms with van der Waals surface area (Å²) in [6, 6.07) is 2.87. The molecule has 7 nitrogen and oxygen atoms in total. The van der Waals surface area contributed by atoms with Crippen LogP contribution in [0.1, 0.15) is 19.3 Å².